The van der Waals surface area contributed by atoms with Crippen molar-refractivity contribution >= 4 is 22.7 Å². The van der Waals surface area contributed by atoms with E-state index in [1.807, 2.05) is 30.5 Å². The Hall–Kier alpha value is -2.34. The molecule has 6 nitrogen and oxygen atoms in total. The Balaban J connectivity index is 1.78. The summed E-state index contributed by atoms with van der Waals surface area (Å²) in [6.45, 7) is 0.381. The van der Waals surface area contributed by atoms with Crippen LogP contribution in [0.15, 0.2) is 30.5 Å². The van der Waals surface area contributed by atoms with Crippen LogP contribution >= 0.6 is 0 Å². The Morgan fingerprint density at radius 3 is 2.75 bits per heavy atom. The van der Waals surface area contributed by atoms with Gasteiger partial charge in [-0.05, 0) is 18.1 Å². The molecule has 1 heterocycles. The van der Waals surface area contributed by atoms with Gasteiger partial charge in [0.1, 0.15) is 0 Å². The third-order valence-electron chi connectivity index (χ3n) is 3.02. The third-order valence-corrected chi connectivity index (χ3v) is 3.02. The van der Waals surface area contributed by atoms with E-state index in [4.69, 9.17) is 5.73 Å². The van der Waals surface area contributed by atoms with Crippen LogP contribution in [0, 0.1) is 0 Å². The summed E-state index contributed by atoms with van der Waals surface area (Å²) < 4.78 is 0. The van der Waals surface area contributed by atoms with Crippen molar-refractivity contribution in [3.63, 3.8) is 0 Å². The zero-order chi connectivity index (χ0) is 14.4. The Labute approximate surface area is 116 Å². The van der Waals surface area contributed by atoms with Crippen LogP contribution in [0.3, 0.4) is 0 Å². The van der Waals surface area contributed by atoms with Gasteiger partial charge in [-0.1, -0.05) is 18.2 Å². The van der Waals surface area contributed by atoms with Crippen LogP contribution in [0.1, 0.15) is 5.56 Å². The number of para-hydroxylation sites is 1. The molecular weight excluding hydrogens is 256 g/mol. The van der Waals surface area contributed by atoms with Gasteiger partial charge in [0, 0.05) is 23.6 Å². The maximum atomic E-state index is 11.5. The van der Waals surface area contributed by atoms with Crippen LogP contribution in [0.2, 0.25) is 0 Å². The maximum absolute atomic E-state index is 11.5. The highest BCUT2D eigenvalue weighted by atomic mass is 16.2. The van der Waals surface area contributed by atoms with Gasteiger partial charge in [-0.25, -0.2) is 0 Å². The van der Waals surface area contributed by atoms with Crippen molar-refractivity contribution in [3.8, 4) is 0 Å². The number of nitrogens with one attached hydrogen (secondary N) is 3. The van der Waals surface area contributed by atoms with E-state index in [0.717, 1.165) is 22.9 Å². The number of hydrogen-bond donors (Lipinski definition) is 4. The van der Waals surface area contributed by atoms with Gasteiger partial charge >= 0.3 is 0 Å². The molecule has 1 aromatic heterocycles. The number of amides is 2. The van der Waals surface area contributed by atoms with Crippen molar-refractivity contribution in [1.82, 2.24) is 15.6 Å². The van der Waals surface area contributed by atoms with E-state index >= 15 is 0 Å². The van der Waals surface area contributed by atoms with Crippen molar-refractivity contribution in [3.05, 3.63) is 36.0 Å². The highest BCUT2D eigenvalue weighted by Gasteiger charge is 2.05. The topological polar surface area (TPSA) is 100 Å². The van der Waals surface area contributed by atoms with Gasteiger partial charge in [0.05, 0.1) is 13.1 Å². The zero-order valence-corrected chi connectivity index (χ0v) is 11.1. The molecule has 0 bridgehead atoms. The zero-order valence-electron chi connectivity index (χ0n) is 11.1. The lowest BCUT2D eigenvalue weighted by atomic mass is 10.1. The van der Waals surface area contributed by atoms with Gasteiger partial charge in [-0.15, -0.1) is 0 Å². The number of carbonyl (C=O) groups is 2. The van der Waals surface area contributed by atoms with E-state index < -0.39 is 0 Å². The van der Waals surface area contributed by atoms with Crippen molar-refractivity contribution < 1.29 is 9.59 Å². The molecule has 2 aromatic rings. The normalized spacial score (nSPS) is 10.4. The number of fused-ring (bicyclic) bond motifs is 1. The maximum Gasteiger partial charge on any atom is 0.239 e. The van der Waals surface area contributed by atoms with Crippen LogP contribution in [0.25, 0.3) is 10.9 Å². The molecule has 2 rings (SSSR count). The van der Waals surface area contributed by atoms with Crippen LogP contribution in [-0.4, -0.2) is 36.4 Å². The largest absolute Gasteiger partial charge is 0.361 e. The van der Waals surface area contributed by atoms with Gasteiger partial charge < -0.3 is 21.4 Å². The first-order chi connectivity index (χ1) is 9.70. The van der Waals surface area contributed by atoms with E-state index in [9.17, 15) is 9.59 Å². The number of aromatic nitrogens is 1. The molecule has 0 saturated heterocycles. The lowest BCUT2D eigenvalue weighted by Crippen LogP contribution is -2.40. The summed E-state index contributed by atoms with van der Waals surface area (Å²) in [5.41, 5.74) is 7.37. The van der Waals surface area contributed by atoms with E-state index in [1.54, 1.807) is 0 Å². The molecule has 0 radical (unpaired) electrons. The van der Waals surface area contributed by atoms with E-state index in [-0.39, 0.29) is 24.9 Å². The van der Waals surface area contributed by atoms with Crippen LogP contribution in [0.5, 0.6) is 0 Å². The molecule has 2 amide bonds. The second-order valence-electron chi connectivity index (χ2n) is 4.44. The number of H-pyrrole nitrogens is 1. The minimum atomic E-state index is -0.336. The third kappa shape index (κ3) is 3.58. The van der Waals surface area contributed by atoms with E-state index in [1.165, 1.54) is 0 Å². The van der Waals surface area contributed by atoms with Gasteiger partial charge in [-0.2, -0.15) is 0 Å². The minimum Gasteiger partial charge on any atom is -0.361 e. The predicted molar refractivity (Wildman–Crippen MR) is 77.1 cm³/mol. The number of nitrogens with two attached hydrogens (primary N) is 1. The number of benzene rings is 1. The Morgan fingerprint density at radius 1 is 1.15 bits per heavy atom. The van der Waals surface area contributed by atoms with Crippen molar-refractivity contribution in [2.24, 2.45) is 5.73 Å². The second kappa shape index (κ2) is 6.72. The quantitative estimate of drug-likeness (QED) is 0.592. The Bertz CT molecular complexity index is 606. The van der Waals surface area contributed by atoms with Gasteiger partial charge in [-0.3, -0.25) is 9.59 Å². The highest BCUT2D eigenvalue weighted by molar-refractivity contribution is 5.85. The van der Waals surface area contributed by atoms with Crippen molar-refractivity contribution in [2.45, 2.75) is 6.42 Å². The number of hydrogen-bond acceptors (Lipinski definition) is 3. The molecule has 106 valence electrons. The summed E-state index contributed by atoms with van der Waals surface area (Å²) in [4.78, 5) is 25.6. The molecule has 5 N–H and O–H groups in total. The summed E-state index contributed by atoms with van der Waals surface area (Å²) in [6, 6.07) is 8.02. The number of aromatic amines is 1. The van der Waals surface area contributed by atoms with Gasteiger partial charge in [0.2, 0.25) is 11.8 Å². The molecule has 0 aliphatic carbocycles. The number of rotatable bonds is 6. The second-order valence-corrected chi connectivity index (χ2v) is 4.44. The SMILES string of the molecule is NCC(=O)NCC(=O)NCCc1c[nH]c2ccccc12. The molecule has 0 unspecified atom stereocenters. The highest BCUT2D eigenvalue weighted by Crippen LogP contribution is 2.17. The summed E-state index contributed by atoms with van der Waals surface area (Å²) in [5, 5.41) is 6.34. The monoisotopic (exact) mass is 274 g/mol. The van der Waals surface area contributed by atoms with Crippen molar-refractivity contribution in [1.29, 1.82) is 0 Å². The molecular formula is C14H18N4O2. The van der Waals surface area contributed by atoms with E-state index in [2.05, 4.69) is 15.6 Å². The van der Waals surface area contributed by atoms with Gasteiger partial charge in [0.15, 0.2) is 0 Å². The summed E-state index contributed by atoms with van der Waals surface area (Å²) >= 11 is 0. The molecule has 0 saturated carbocycles. The van der Waals surface area contributed by atoms with Crippen LogP contribution in [0.4, 0.5) is 0 Å². The van der Waals surface area contributed by atoms with Crippen molar-refractivity contribution in [2.75, 3.05) is 19.6 Å². The first kappa shape index (κ1) is 14.1. The Kier molecular flexibility index (Phi) is 4.73. The van der Waals surface area contributed by atoms with Crippen LogP contribution in [-0.2, 0) is 16.0 Å². The molecule has 0 fully saturated rings. The number of carbonyl (C=O) groups excluding carboxylic acids is 2. The smallest absolute Gasteiger partial charge is 0.239 e. The molecule has 0 aliphatic rings. The lowest BCUT2D eigenvalue weighted by molar-refractivity contribution is -0.125. The first-order valence-electron chi connectivity index (χ1n) is 6.49. The molecule has 0 spiro atoms. The van der Waals surface area contributed by atoms with E-state index in [0.29, 0.717) is 6.54 Å². The molecule has 0 atom stereocenters. The summed E-state index contributed by atoms with van der Waals surface area (Å²) in [5.74, 6) is -0.552. The fraction of sp³-hybridized carbons (Fsp3) is 0.286. The first-order valence-corrected chi connectivity index (χ1v) is 6.49. The summed E-state index contributed by atoms with van der Waals surface area (Å²) in [6.07, 6.45) is 2.69. The predicted octanol–water partition coefficient (Wildman–Crippen LogP) is -0.0985. The van der Waals surface area contributed by atoms with Crippen LogP contribution < -0.4 is 16.4 Å². The minimum absolute atomic E-state index is 0.0378. The standard InChI is InChI=1S/C14H18N4O2/c15-7-13(19)18-9-14(20)16-6-5-10-8-17-12-4-2-1-3-11(10)12/h1-4,8,17H,5-7,9,15H2,(H,16,20)(H,18,19). The fourth-order valence-corrected chi connectivity index (χ4v) is 1.99. The Morgan fingerprint density at radius 2 is 1.95 bits per heavy atom. The molecule has 0 aliphatic heterocycles. The lowest BCUT2D eigenvalue weighted by Gasteiger charge is -2.05. The summed E-state index contributed by atoms with van der Waals surface area (Å²) in [7, 11) is 0. The molecule has 1 aromatic carbocycles. The molecule has 20 heavy (non-hydrogen) atoms. The average Bonchev–Trinajstić information content (AvgIpc) is 2.88. The molecule has 6 heteroatoms. The average molecular weight is 274 g/mol. The fourth-order valence-electron chi connectivity index (χ4n) is 1.99. The van der Waals surface area contributed by atoms with Gasteiger partial charge in [0.25, 0.3) is 0 Å².